The van der Waals surface area contributed by atoms with Crippen LogP contribution in [0, 0.1) is 0 Å². The predicted octanol–water partition coefficient (Wildman–Crippen LogP) is 0.504. The Morgan fingerprint density at radius 1 is 1.07 bits per heavy atom. The van der Waals surface area contributed by atoms with Crippen LogP contribution in [0.15, 0.2) is 18.2 Å². The summed E-state index contributed by atoms with van der Waals surface area (Å²) in [6, 6.07) is 4.74. The highest BCUT2D eigenvalue weighted by Crippen LogP contribution is 2.29. The van der Waals surface area contributed by atoms with Gasteiger partial charge in [-0.2, -0.15) is 0 Å². The minimum Gasteiger partial charge on any atom is -0.399 e. The van der Waals surface area contributed by atoms with E-state index < -0.39 is 0 Å². The van der Waals surface area contributed by atoms with Crippen LogP contribution in [0.4, 0.5) is 17.1 Å². The van der Waals surface area contributed by atoms with Gasteiger partial charge in [0.25, 0.3) is 0 Å². The molecule has 0 aromatic heterocycles. The van der Waals surface area contributed by atoms with Crippen molar-refractivity contribution in [2.75, 3.05) is 16.4 Å². The molecule has 5 nitrogen and oxygen atoms in total. The van der Waals surface area contributed by atoms with Gasteiger partial charge in [-0.1, -0.05) is 0 Å². The number of hydrogen-bond acceptors (Lipinski definition) is 4. The van der Waals surface area contributed by atoms with Crippen LogP contribution < -0.4 is 16.4 Å². The molecular formula is C10H11N3O2. The smallest absolute Gasteiger partial charge is 0.234 e. The molecule has 0 radical (unpaired) electrons. The van der Waals surface area contributed by atoms with Gasteiger partial charge in [0.15, 0.2) is 0 Å². The van der Waals surface area contributed by atoms with Crippen LogP contribution >= 0.6 is 0 Å². The molecule has 1 aliphatic heterocycles. The molecule has 1 fully saturated rings. The van der Waals surface area contributed by atoms with E-state index in [1.54, 1.807) is 12.1 Å². The minimum absolute atomic E-state index is 0.212. The highest BCUT2D eigenvalue weighted by atomic mass is 16.2. The monoisotopic (exact) mass is 205 g/mol. The topological polar surface area (TPSA) is 89.4 Å². The molecule has 15 heavy (non-hydrogen) atoms. The van der Waals surface area contributed by atoms with E-state index in [9.17, 15) is 9.59 Å². The van der Waals surface area contributed by atoms with Gasteiger partial charge in [0.1, 0.15) is 0 Å². The number of carbonyl (C=O) groups excluding carboxylic acids is 2. The van der Waals surface area contributed by atoms with Crippen molar-refractivity contribution in [1.82, 2.24) is 0 Å². The van der Waals surface area contributed by atoms with Gasteiger partial charge >= 0.3 is 0 Å². The number of carbonyl (C=O) groups is 2. The van der Waals surface area contributed by atoms with Crippen LogP contribution in [-0.2, 0) is 9.59 Å². The van der Waals surface area contributed by atoms with Gasteiger partial charge in [-0.3, -0.25) is 9.59 Å². The summed E-state index contributed by atoms with van der Waals surface area (Å²) in [5.41, 5.74) is 12.5. The number of nitrogens with zero attached hydrogens (tertiary/aromatic N) is 1. The van der Waals surface area contributed by atoms with Crippen LogP contribution in [0.2, 0.25) is 0 Å². The van der Waals surface area contributed by atoms with E-state index >= 15 is 0 Å². The van der Waals surface area contributed by atoms with E-state index in [0.717, 1.165) is 4.90 Å². The Hall–Kier alpha value is -2.04. The molecule has 5 heteroatoms. The van der Waals surface area contributed by atoms with Crippen LogP contribution in [0.1, 0.15) is 12.8 Å². The predicted molar refractivity (Wildman–Crippen MR) is 57.0 cm³/mol. The Morgan fingerprint density at radius 2 is 1.67 bits per heavy atom. The van der Waals surface area contributed by atoms with E-state index in [0.29, 0.717) is 17.1 Å². The maximum atomic E-state index is 11.4. The first-order valence-electron chi connectivity index (χ1n) is 4.60. The highest BCUT2D eigenvalue weighted by Gasteiger charge is 2.31. The number of hydrogen-bond donors (Lipinski definition) is 2. The van der Waals surface area contributed by atoms with Crippen molar-refractivity contribution in [3.8, 4) is 0 Å². The first kappa shape index (κ1) is 9.51. The summed E-state index contributed by atoms with van der Waals surface area (Å²) in [4.78, 5) is 24.0. The standard InChI is InChI=1S/C10H11N3O2/c11-6-1-2-8(7(12)5-6)13-9(14)3-4-10(13)15/h1-2,5H,3-4,11-12H2. The normalized spacial score (nSPS) is 16.1. The average molecular weight is 205 g/mol. The molecule has 0 aliphatic carbocycles. The maximum Gasteiger partial charge on any atom is 0.234 e. The van der Waals surface area contributed by atoms with Crippen molar-refractivity contribution in [3.63, 3.8) is 0 Å². The van der Waals surface area contributed by atoms with Gasteiger partial charge in [0.2, 0.25) is 11.8 Å². The number of benzene rings is 1. The number of amides is 2. The molecule has 0 spiro atoms. The number of nitrogen functional groups attached to an aromatic ring is 2. The second-order valence-electron chi connectivity index (χ2n) is 3.44. The summed E-state index contributed by atoms with van der Waals surface area (Å²) in [6.45, 7) is 0. The first-order valence-corrected chi connectivity index (χ1v) is 4.60. The summed E-state index contributed by atoms with van der Waals surface area (Å²) in [5.74, 6) is -0.423. The summed E-state index contributed by atoms with van der Waals surface area (Å²) < 4.78 is 0. The Morgan fingerprint density at radius 3 is 2.20 bits per heavy atom. The van der Waals surface area contributed by atoms with Crippen molar-refractivity contribution < 1.29 is 9.59 Å². The first-order chi connectivity index (χ1) is 7.09. The lowest BCUT2D eigenvalue weighted by atomic mass is 10.2. The summed E-state index contributed by atoms with van der Waals surface area (Å²) >= 11 is 0. The molecule has 1 aliphatic rings. The Kier molecular flexibility index (Phi) is 2.07. The van der Waals surface area contributed by atoms with Crippen molar-refractivity contribution in [3.05, 3.63) is 18.2 Å². The lowest BCUT2D eigenvalue weighted by Crippen LogP contribution is -2.29. The summed E-state index contributed by atoms with van der Waals surface area (Å²) in [6.07, 6.45) is 0.505. The van der Waals surface area contributed by atoms with Crippen molar-refractivity contribution >= 4 is 28.9 Å². The number of rotatable bonds is 1. The van der Waals surface area contributed by atoms with E-state index in [4.69, 9.17) is 11.5 Å². The van der Waals surface area contributed by atoms with Gasteiger partial charge in [0, 0.05) is 18.5 Å². The van der Waals surface area contributed by atoms with Crippen LogP contribution in [0.25, 0.3) is 0 Å². The molecule has 1 aromatic rings. The Balaban J connectivity index is 2.45. The molecule has 0 unspecified atom stereocenters. The Bertz CT molecular complexity index is 426. The molecule has 78 valence electrons. The molecule has 1 aromatic carbocycles. The maximum absolute atomic E-state index is 11.4. The van der Waals surface area contributed by atoms with E-state index in [1.807, 2.05) is 0 Å². The van der Waals surface area contributed by atoms with Crippen molar-refractivity contribution in [2.45, 2.75) is 12.8 Å². The summed E-state index contributed by atoms with van der Waals surface area (Å²) in [5, 5.41) is 0. The third kappa shape index (κ3) is 1.52. The number of imide groups is 1. The largest absolute Gasteiger partial charge is 0.399 e. The second-order valence-corrected chi connectivity index (χ2v) is 3.44. The molecule has 2 amide bonds. The fourth-order valence-corrected chi connectivity index (χ4v) is 1.62. The van der Waals surface area contributed by atoms with Crippen LogP contribution in [0.3, 0.4) is 0 Å². The Labute approximate surface area is 86.6 Å². The number of nitrogens with two attached hydrogens (primary N) is 2. The molecule has 0 atom stereocenters. The summed E-state index contributed by atoms with van der Waals surface area (Å²) in [7, 11) is 0. The SMILES string of the molecule is Nc1ccc(N2C(=O)CCC2=O)c(N)c1. The lowest BCUT2D eigenvalue weighted by molar-refractivity contribution is -0.121. The van der Waals surface area contributed by atoms with Crippen molar-refractivity contribution in [1.29, 1.82) is 0 Å². The lowest BCUT2D eigenvalue weighted by Gasteiger charge is -2.16. The van der Waals surface area contributed by atoms with Gasteiger partial charge < -0.3 is 11.5 Å². The average Bonchev–Trinajstić information content (AvgIpc) is 2.48. The fraction of sp³-hybridized carbons (Fsp3) is 0.200. The van der Waals surface area contributed by atoms with Crippen LogP contribution in [-0.4, -0.2) is 11.8 Å². The molecule has 0 saturated carbocycles. The van der Waals surface area contributed by atoms with Crippen LogP contribution in [0.5, 0.6) is 0 Å². The number of anilines is 3. The zero-order chi connectivity index (χ0) is 11.0. The molecule has 1 saturated heterocycles. The third-order valence-electron chi connectivity index (χ3n) is 2.34. The third-order valence-corrected chi connectivity index (χ3v) is 2.34. The van der Waals surface area contributed by atoms with Crippen molar-refractivity contribution in [2.24, 2.45) is 0 Å². The molecule has 1 heterocycles. The van der Waals surface area contributed by atoms with E-state index in [1.165, 1.54) is 6.07 Å². The molecule has 0 bridgehead atoms. The molecule has 4 N–H and O–H groups in total. The zero-order valence-corrected chi connectivity index (χ0v) is 8.06. The molecule has 2 rings (SSSR count). The van der Waals surface area contributed by atoms with E-state index in [-0.39, 0.29) is 24.7 Å². The van der Waals surface area contributed by atoms with Gasteiger partial charge in [-0.05, 0) is 18.2 Å². The second kappa shape index (κ2) is 3.27. The van der Waals surface area contributed by atoms with E-state index in [2.05, 4.69) is 0 Å². The fourth-order valence-electron chi connectivity index (χ4n) is 1.62. The minimum atomic E-state index is -0.212. The highest BCUT2D eigenvalue weighted by molar-refractivity contribution is 6.21. The van der Waals surface area contributed by atoms with Gasteiger partial charge in [-0.25, -0.2) is 4.90 Å². The van der Waals surface area contributed by atoms with Gasteiger partial charge in [-0.15, -0.1) is 0 Å². The molecular weight excluding hydrogens is 194 g/mol. The van der Waals surface area contributed by atoms with Gasteiger partial charge in [0.05, 0.1) is 11.4 Å². The zero-order valence-electron chi connectivity index (χ0n) is 8.06. The quantitative estimate of drug-likeness (QED) is 0.516.